The minimum atomic E-state index is -0.427. The van der Waals surface area contributed by atoms with E-state index in [-0.39, 0.29) is 29.8 Å². The van der Waals surface area contributed by atoms with Gasteiger partial charge in [0.15, 0.2) is 5.16 Å². The van der Waals surface area contributed by atoms with Crippen LogP contribution in [0.15, 0.2) is 28.2 Å². The van der Waals surface area contributed by atoms with Gasteiger partial charge in [-0.3, -0.25) is 14.2 Å². The number of rotatable bonds is 6. The molecule has 0 radical (unpaired) electrons. The fourth-order valence-corrected chi connectivity index (χ4v) is 7.56. The molecule has 2 aliphatic carbocycles. The topological polar surface area (TPSA) is 55.2 Å². The molecule has 1 amide bonds. The molecule has 3 aromatic rings. The van der Waals surface area contributed by atoms with E-state index < -0.39 is 5.82 Å². The van der Waals surface area contributed by atoms with Crippen molar-refractivity contribution in [3.8, 4) is 0 Å². The third-order valence-corrected chi connectivity index (χ3v) is 9.36. The smallest absolute Gasteiger partial charge is 0.263 e. The van der Waals surface area contributed by atoms with Crippen LogP contribution < -0.4 is 5.56 Å². The molecule has 1 aromatic carbocycles. The summed E-state index contributed by atoms with van der Waals surface area (Å²) in [6.45, 7) is 0.0877. The Morgan fingerprint density at radius 1 is 1.26 bits per heavy atom. The number of carbonyl (C=O) groups is 1. The molecule has 5 nitrogen and oxygen atoms in total. The van der Waals surface area contributed by atoms with E-state index in [0.717, 1.165) is 61.6 Å². The van der Waals surface area contributed by atoms with Crippen LogP contribution in [0.4, 0.5) is 4.39 Å². The maximum atomic E-state index is 14.2. The SMILES string of the molecule is CN(Cc1c(F)cccc1Cl)C(=O)CSc1nc2sc3c(c2c(=O)n1C1CCCC1)CCCC3. The quantitative estimate of drug-likeness (QED) is 0.296. The maximum absolute atomic E-state index is 14.2. The van der Waals surface area contributed by atoms with Gasteiger partial charge in [0.2, 0.25) is 5.91 Å². The van der Waals surface area contributed by atoms with Gasteiger partial charge < -0.3 is 4.90 Å². The molecule has 0 aliphatic heterocycles. The highest BCUT2D eigenvalue weighted by molar-refractivity contribution is 7.99. The maximum Gasteiger partial charge on any atom is 0.263 e. The summed E-state index contributed by atoms with van der Waals surface area (Å²) in [6, 6.07) is 4.64. The molecule has 9 heteroatoms. The van der Waals surface area contributed by atoms with E-state index in [0.29, 0.717) is 15.7 Å². The van der Waals surface area contributed by atoms with Crippen molar-refractivity contribution in [2.75, 3.05) is 12.8 Å². The third kappa shape index (κ3) is 4.52. The zero-order valence-corrected chi connectivity index (χ0v) is 21.5. The first-order chi connectivity index (χ1) is 16.4. The monoisotopic (exact) mass is 519 g/mol. The Morgan fingerprint density at radius 2 is 2.03 bits per heavy atom. The highest BCUT2D eigenvalue weighted by Crippen LogP contribution is 2.37. The summed E-state index contributed by atoms with van der Waals surface area (Å²) < 4.78 is 16.0. The van der Waals surface area contributed by atoms with Crippen LogP contribution in [0.1, 0.15) is 60.6 Å². The van der Waals surface area contributed by atoms with Crippen molar-refractivity contribution < 1.29 is 9.18 Å². The van der Waals surface area contributed by atoms with Crippen molar-refractivity contribution >= 4 is 50.8 Å². The molecule has 2 heterocycles. The van der Waals surface area contributed by atoms with E-state index in [1.165, 1.54) is 33.2 Å². The lowest BCUT2D eigenvalue weighted by atomic mass is 9.97. The highest BCUT2D eigenvalue weighted by Gasteiger charge is 2.27. The second kappa shape index (κ2) is 9.99. The number of thioether (sulfide) groups is 1. The Kier molecular flexibility index (Phi) is 7.00. The van der Waals surface area contributed by atoms with Crippen LogP contribution in [0.5, 0.6) is 0 Å². The Hall–Kier alpha value is -1.90. The summed E-state index contributed by atoms with van der Waals surface area (Å²) >= 11 is 9.07. The summed E-state index contributed by atoms with van der Waals surface area (Å²) in [5.41, 5.74) is 1.55. The minimum Gasteiger partial charge on any atom is -0.341 e. The van der Waals surface area contributed by atoms with E-state index >= 15 is 0 Å². The molecule has 1 saturated carbocycles. The highest BCUT2D eigenvalue weighted by atomic mass is 35.5. The van der Waals surface area contributed by atoms with Gasteiger partial charge in [0.05, 0.1) is 11.1 Å². The van der Waals surface area contributed by atoms with E-state index in [9.17, 15) is 14.0 Å². The number of fused-ring (bicyclic) bond motifs is 3. The van der Waals surface area contributed by atoms with Crippen molar-refractivity contribution in [1.29, 1.82) is 0 Å². The molecule has 0 saturated heterocycles. The Morgan fingerprint density at radius 3 is 2.79 bits per heavy atom. The van der Waals surface area contributed by atoms with Gasteiger partial charge in [-0.1, -0.05) is 42.3 Å². The van der Waals surface area contributed by atoms with Gasteiger partial charge in [-0.2, -0.15) is 0 Å². The van der Waals surface area contributed by atoms with Gasteiger partial charge in [-0.05, 0) is 56.2 Å². The van der Waals surface area contributed by atoms with E-state index in [4.69, 9.17) is 16.6 Å². The Balaban J connectivity index is 1.42. The lowest BCUT2D eigenvalue weighted by Gasteiger charge is -2.20. The van der Waals surface area contributed by atoms with Gasteiger partial charge in [0, 0.05) is 35.1 Å². The normalized spacial score (nSPS) is 16.2. The molecular weight excluding hydrogens is 493 g/mol. The zero-order chi connectivity index (χ0) is 23.8. The Bertz CT molecular complexity index is 1280. The summed E-state index contributed by atoms with van der Waals surface area (Å²) in [7, 11) is 1.64. The first-order valence-corrected chi connectivity index (χ1v) is 14.0. The van der Waals surface area contributed by atoms with Gasteiger partial charge in [0.1, 0.15) is 10.6 Å². The number of thiophene rings is 1. The van der Waals surface area contributed by atoms with Crippen LogP contribution >= 0.6 is 34.7 Å². The predicted molar refractivity (Wildman–Crippen MR) is 137 cm³/mol. The first-order valence-electron chi connectivity index (χ1n) is 11.8. The van der Waals surface area contributed by atoms with E-state index in [2.05, 4.69) is 0 Å². The van der Waals surface area contributed by atoms with E-state index in [1.807, 2.05) is 4.57 Å². The van der Waals surface area contributed by atoms with Gasteiger partial charge in [-0.15, -0.1) is 11.3 Å². The number of benzene rings is 1. The molecule has 180 valence electrons. The average Bonchev–Trinajstić information content (AvgIpc) is 3.47. The largest absolute Gasteiger partial charge is 0.341 e. The number of nitrogens with zero attached hydrogens (tertiary/aromatic N) is 3. The molecule has 2 aromatic heterocycles. The van der Waals surface area contributed by atoms with Crippen molar-refractivity contribution in [3.63, 3.8) is 0 Å². The van der Waals surface area contributed by atoms with Crippen molar-refractivity contribution in [2.24, 2.45) is 0 Å². The van der Waals surface area contributed by atoms with E-state index in [1.54, 1.807) is 30.5 Å². The fraction of sp³-hybridized carbons (Fsp3) is 0.480. The van der Waals surface area contributed by atoms with Crippen LogP contribution in [0.3, 0.4) is 0 Å². The van der Waals surface area contributed by atoms with Gasteiger partial charge >= 0.3 is 0 Å². The van der Waals surface area contributed by atoms with Crippen molar-refractivity contribution in [1.82, 2.24) is 14.5 Å². The minimum absolute atomic E-state index is 0.0535. The molecule has 1 fully saturated rings. The molecule has 2 aliphatic rings. The second-order valence-corrected chi connectivity index (χ2v) is 11.6. The molecule has 34 heavy (non-hydrogen) atoms. The number of amides is 1. The third-order valence-electron chi connectivity index (χ3n) is 6.89. The number of aromatic nitrogens is 2. The molecule has 0 atom stereocenters. The Labute approximate surface area is 211 Å². The first kappa shape index (κ1) is 23.8. The zero-order valence-electron chi connectivity index (χ0n) is 19.1. The van der Waals surface area contributed by atoms with Crippen LogP contribution in [0.25, 0.3) is 10.2 Å². The molecule has 0 N–H and O–H groups in total. The van der Waals surface area contributed by atoms with Crippen molar-refractivity contribution in [3.05, 3.63) is 55.4 Å². The second-order valence-electron chi connectivity index (χ2n) is 9.14. The molecule has 0 bridgehead atoms. The lowest BCUT2D eigenvalue weighted by Crippen LogP contribution is -2.30. The number of carbonyl (C=O) groups excluding carboxylic acids is 1. The van der Waals surface area contributed by atoms with Crippen LogP contribution in [-0.2, 0) is 24.2 Å². The predicted octanol–water partition coefficient (Wildman–Crippen LogP) is 6.00. The number of aryl methyl sites for hydroxylation is 2. The van der Waals surface area contributed by atoms with Crippen molar-refractivity contribution in [2.45, 2.75) is 69.1 Å². The summed E-state index contributed by atoms with van der Waals surface area (Å²) in [6.07, 6.45) is 8.38. The summed E-state index contributed by atoms with van der Waals surface area (Å²) in [5, 5.41) is 1.72. The molecule has 0 unspecified atom stereocenters. The summed E-state index contributed by atoms with van der Waals surface area (Å²) in [5.74, 6) is -0.469. The number of hydrogen-bond donors (Lipinski definition) is 0. The van der Waals surface area contributed by atoms with Gasteiger partial charge in [0.25, 0.3) is 5.56 Å². The standard InChI is InChI=1S/C25H27ClFN3O2S2/c1-29(13-17-18(26)10-6-11-19(17)27)21(31)14-33-25-28-23-22(16-9-4-5-12-20(16)34-23)24(32)30(25)15-7-2-3-8-15/h6,10-11,15H,2-5,7-9,12-14H2,1H3. The van der Waals surface area contributed by atoms with Crippen LogP contribution in [0.2, 0.25) is 5.02 Å². The van der Waals surface area contributed by atoms with Crippen LogP contribution in [0, 0.1) is 5.82 Å². The lowest BCUT2D eigenvalue weighted by molar-refractivity contribution is -0.127. The molecular formula is C25H27ClFN3O2S2. The fourth-order valence-electron chi connectivity index (χ4n) is 5.03. The molecule has 5 rings (SSSR count). The van der Waals surface area contributed by atoms with Gasteiger partial charge in [-0.25, -0.2) is 9.37 Å². The van der Waals surface area contributed by atoms with Crippen LogP contribution in [-0.4, -0.2) is 33.2 Å². The number of hydrogen-bond acceptors (Lipinski definition) is 5. The summed E-state index contributed by atoms with van der Waals surface area (Å²) in [4.78, 5) is 35.1. The molecule has 0 spiro atoms. The number of halogens is 2. The average molecular weight is 520 g/mol.